The van der Waals surface area contributed by atoms with Gasteiger partial charge in [-0.3, -0.25) is 5.43 Å². The van der Waals surface area contributed by atoms with Gasteiger partial charge in [-0.2, -0.15) is 20.1 Å². The molecule has 0 radical (unpaired) electrons. The number of nitrogens with one attached hydrogen (secondary N) is 2. The Bertz CT molecular complexity index is 1610. The monoisotopic (exact) mass is 573 g/mol. The van der Waals surface area contributed by atoms with Crippen molar-refractivity contribution in [3.63, 3.8) is 0 Å². The molecule has 0 atom stereocenters. The normalized spacial score (nSPS) is 17.9. The molecule has 0 saturated carbocycles. The fourth-order valence-electron chi connectivity index (χ4n) is 3.87. The van der Waals surface area contributed by atoms with Crippen LogP contribution in [0.25, 0.3) is 10.9 Å². The number of pyridine rings is 1. The average Bonchev–Trinajstić information content (AvgIpc) is 3.56. The predicted molar refractivity (Wildman–Crippen MR) is 123 cm³/mol. The standard InChI is InChI=1S/C20H13ClF5N9O4/c1-9-5-12-15(39-20(25,26)38-12)13-14(9)29-18(37-17(13)36)32-6-10(7-34-28-8-33(31-34)19(22,23)24)30-35(32)16-11(21)3-2-4-27-16/h2-6,8,30-31H,7H2,1H3. The molecular weight excluding hydrogens is 561 g/mol. The number of hydrazine groups is 4. The number of halogens is 6. The number of hydrogen-bond acceptors (Lipinski definition) is 13. The van der Waals surface area contributed by atoms with Crippen molar-refractivity contribution in [2.24, 2.45) is 5.10 Å². The molecule has 6 rings (SSSR count). The first kappa shape index (κ1) is 24.7. The average molecular weight is 574 g/mol. The third-order valence-corrected chi connectivity index (χ3v) is 5.75. The zero-order valence-electron chi connectivity index (χ0n) is 19.2. The first-order valence-corrected chi connectivity index (χ1v) is 11.1. The number of nitrogens with zero attached hydrogens (tertiary/aromatic N) is 7. The highest BCUT2D eigenvalue weighted by Crippen LogP contribution is 2.45. The third-order valence-electron chi connectivity index (χ3n) is 5.46. The van der Waals surface area contributed by atoms with E-state index in [9.17, 15) is 26.7 Å². The second kappa shape index (κ2) is 8.46. The van der Waals surface area contributed by atoms with Crippen molar-refractivity contribution in [2.45, 2.75) is 19.5 Å². The summed E-state index contributed by atoms with van der Waals surface area (Å²) in [6.07, 6.45) is -5.40. The van der Waals surface area contributed by atoms with E-state index in [2.05, 4.69) is 30.0 Å². The molecule has 39 heavy (non-hydrogen) atoms. The van der Waals surface area contributed by atoms with Gasteiger partial charge in [0.05, 0.1) is 29.0 Å². The Morgan fingerprint density at radius 2 is 2.03 bits per heavy atom. The van der Waals surface area contributed by atoms with Crippen molar-refractivity contribution in [3.8, 4) is 11.5 Å². The van der Waals surface area contributed by atoms with Crippen molar-refractivity contribution in [3.05, 3.63) is 57.3 Å². The Morgan fingerprint density at radius 3 is 2.74 bits per heavy atom. The molecule has 2 N–H and O–H groups in total. The minimum Gasteiger partial charge on any atom is -0.395 e. The van der Waals surface area contributed by atoms with Gasteiger partial charge in [-0.05, 0) is 30.7 Å². The highest BCUT2D eigenvalue weighted by atomic mass is 35.5. The van der Waals surface area contributed by atoms with E-state index in [-0.39, 0.29) is 50.8 Å². The summed E-state index contributed by atoms with van der Waals surface area (Å²) in [5.74, 6) is -0.779. The summed E-state index contributed by atoms with van der Waals surface area (Å²) in [5.41, 5.74) is 4.34. The number of hydrogen-bond donors (Lipinski definition) is 2. The zero-order chi connectivity index (χ0) is 27.7. The van der Waals surface area contributed by atoms with Gasteiger partial charge in [0.15, 0.2) is 17.3 Å². The number of ether oxygens (including phenoxy) is 2. The summed E-state index contributed by atoms with van der Waals surface area (Å²) in [7, 11) is 0. The maximum absolute atomic E-state index is 13.7. The maximum Gasteiger partial charge on any atom is 0.586 e. The molecule has 0 unspecified atom stereocenters. The lowest BCUT2D eigenvalue weighted by Gasteiger charge is -2.28. The quantitative estimate of drug-likeness (QED) is 0.352. The lowest BCUT2D eigenvalue weighted by Crippen LogP contribution is -2.49. The van der Waals surface area contributed by atoms with Gasteiger partial charge < -0.3 is 13.9 Å². The van der Waals surface area contributed by atoms with Crippen LogP contribution < -0.4 is 36.2 Å². The van der Waals surface area contributed by atoms with E-state index in [1.807, 2.05) is 5.53 Å². The number of rotatable bonds is 4. The molecule has 0 amide bonds. The van der Waals surface area contributed by atoms with Crippen molar-refractivity contribution in [1.29, 1.82) is 0 Å². The number of fused-ring (bicyclic) bond motifs is 3. The minimum absolute atomic E-state index is 0.0261. The van der Waals surface area contributed by atoms with Crippen LogP contribution in [0.15, 0.2) is 50.6 Å². The Balaban J connectivity index is 1.40. The Kier molecular flexibility index (Phi) is 5.37. The van der Waals surface area contributed by atoms with Gasteiger partial charge in [0.1, 0.15) is 11.7 Å². The molecule has 5 heterocycles. The molecule has 3 aliphatic rings. The number of anilines is 2. The van der Waals surface area contributed by atoms with Gasteiger partial charge in [0.2, 0.25) is 0 Å². The zero-order valence-corrected chi connectivity index (χ0v) is 20.0. The van der Waals surface area contributed by atoms with Gasteiger partial charge in [0, 0.05) is 6.20 Å². The summed E-state index contributed by atoms with van der Waals surface area (Å²) >= 11 is 6.30. The number of alkyl halides is 5. The molecule has 13 nitrogen and oxygen atoms in total. The first-order chi connectivity index (χ1) is 18.4. The van der Waals surface area contributed by atoms with E-state index in [0.29, 0.717) is 11.9 Å². The maximum atomic E-state index is 13.7. The molecule has 2 aromatic heterocycles. The first-order valence-electron chi connectivity index (χ1n) is 10.7. The number of benzene rings is 1. The molecule has 204 valence electrons. The van der Waals surface area contributed by atoms with Gasteiger partial charge in [0.25, 0.3) is 0 Å². The molecule has 0 spiro atoms. The van der Waals surface area contributed by atoms with Crippen LogP contribution in [0.4, 0.5) is 33.8 Å². The number of aryl methyl sites for hydroxylation is 1. The van der Waals surface area contributed by atoms with Crippen molar-refractivity contribution in [1.82, 2.24) is 31.1 Å². The summed E-state index contributed by atoms with van der Waals surface area (Å²) in [6, 6.07) is 3.95. The van der Waals surface area contributed by atoms with Crippen LogP contribution in [0.5, 0.6) is 11.5 Å². The SMILES string of the molecule is Cc1cc2c(c3c(=O)oc(N4C=C(CN5N=CN(C(F)(F)F)N5)NN4c4ncccc4Cl)nc13)OC(F)(F)O2. The van der Waals surface area contributed by atoms with Gasteiger partial charge in [-0.25, -0.2) is 14.9 Å². The summed E-state index contributed by atoms with van der Waals surface area (Å²) < 4.78 is 80.5. The lowest BCUT2D eigenvalue weighted by molar-refractivity contribution is -0.286. The van der Waals surface area contributed by atoms with Crippen molar-refractivity contribution in [2.75, 3.05) is 16.7 Å². The Morgan fingerprint density at radius 1 is 1.23 bits per heavy atom. The summed E-state index contributed by atoms with van der Waals surface area (Å²) in [6.45, 7) is 1.27. The van der Waals surface area contributed by atoms with E-state index in [4.69, 9.17) is 16.0 Å². The van der Waals surface area contributed by atoms with Crippen LogP contribution >= 0.6 is 11.6 Å². The van der Waals surface area contributed by atoms with Gasteiger partial charge >= 0.3 is 24.2 Å². The second-order valence-electron chi connectivity index (χ2n) is 8.15. The van der Waals surface area contributed by atoms with Crippen molar-refractivity contribution < 1.29 is 35.8 Å². The van der Waals surface area contributed by atoms with E-state index in [1.54, 1.807) is 6.07 Å². The fraction of sp³-hybridized carbons (Fsp3) is 0.200. The smallest absolute Gasteiger partial charge is 0.395 e. The molecule has 0 fully saturated rings. The molecule has 0 bridgehead atoms. The molecule has 0 aliphatic carbocycles. The number of aromatic nitrogens is 2. The van der Waals surface area contributed by atoms with E-state index >= 15 is 0 Å². The molecule has 3 aliphatic heterocycles. The van der Waals surface area contributed by atoms with Crippen molar-refractivity contribution >= 4 is 40.7 Å². The molecule has 19 heteroatoms. The Hall–Kier alpha value is -4.58. The van der Waals surface area contributed by atoms with Gasteiger partial charge in [-0.1, -0.05) is 11.6 Å². The lowest BCUT2D eigenvalue weighted by atomic mass is 10.1. The number of hydrazone groups is 1. The molecule has 0 saturated heterocycles. The Labute approximate surface area is 218 Å². The highest BCUT2D eigenvalue weighted by Gasteiger charge is 2.46. The fourth-order valence-corrected chi connectivity index (χ4v) is 4.07. The van der Waals surface area contributed by atoms with Crippen LogP contribution in [-0.2, 0) is 0 Å². The van der Waals surface area contributed by atoms with Crippen LogP contribution in [0.2, 0.25) is 5.02 Å². The van der Waals surface area contributed by atoms with Gasteiger partial charge in [-0.15, -0.1) is 32.6 Å². The largest absolute Gasteiger partial charge is 0.586 e. The second-order valence-corrected chi connectivity index (χ2v) is 8.56. The summed E-state index contributed by atoms with van der Waals surface area (Å²) in [5, 5.41) is 6.52. The molecule has 1 aromatic carbocycles. The van der Waals surface area contributed by atoms with Crippen LogP contribution in [0, 0.1) is 6.92 Å². The summed E-state index contributed by atoms with van der Waals surface area (Å²) in [4.78, 5) is 21.5. The van der Waals surface area contributed by atoms with Crippen LogP contribution in [0.1, 0.15) is 5.56 Å². The third kappa shape index (κ3) is 4.32. The minimum atomic E-state index is -4.72. The van der Waals surface area contributed by atoms with E-state index < -0.39 is 24.0 Å². The van der Waals surface area contributed by atoms with Crippen LogP contribution in [-0.4, -0.2) is 45.6 Å². The van der Waals surface area contributed by atoms with Crippen LogP contribution in [0.3, 0.4) is 0 Å². The predicted octanol–water partition coefficient (Wildman–Crippen LogP) is 2.95. The van der Waals surface area contributed by atoms with E-state index in [0.717, 1.165) is 5.12 Å². The molecular formula is C20H13ClF5N9O4. The molecule has 3 aromatic rings. The topological polar surface area (TPSA) is 124 Å². The van der Waals surface area contributed by atoms with E-state index in [1.165, 1.54) is 41.6 Å². The highest BCUT2D eigenvalue weighted by molar-refractivity contribution is 6.33.